The van der Waals surface area contributed by atoms with E-state index in [9.17, 15) is 4.39 Å². The molecule has 1 aliphatic rings. The van der Waals surface area contributed by atoms with Gasteiger partial charge in [0.15, 0.2) is 0 Å². The third kappa shape index (κ3) is 2.55. The van der Waals surface area contributed by atoms with E-state index < -0.39 is 0 Å². The van der Waals surface area contributed by atoms with E-state index in [1.165, 1.54) is 0 Å². The molecule has 0 bridgehead atoms. The molecule has 1 fully saturated rings. The highest BCUT2D eigenvalue weighted by Crippen LogP contribution is 2.27. The van der Waals surface area contributed by atoms with Crippen molar-refractivity contribution < 1.29 is 4.39 Å². The fourth-order valence-corrected chi connectivity index (χ4v) is 2.39. The minimum absolute atomic E-state index is 0.186. The maximum absolute atomic E-state index is 13.3. The Balaban J connectivity index is 2.27. The lowest BCUT2D eigenvalue weighted by Crippen LogP contribution is -2.28. The predicted octanol–water partition coefficient (Wildman–Crippen LogP) is 2.70. The zero-order chi connectivity index (χ0) is 11.5. The van der Waals surface area contributed by atoms with Crippen molar-refractivity contribution in [3.05, 3.63) is 28.0 Å². The minimum atomic E-state index is -0.186. The number of nitrogens with one attached hydrogen (secondary N) is 1. The molecule has 4 heteroatoms. The van der Waals surface area contributed by atoms with Crippen LogP contribution in [0, 0.1) is 12.7 Å². The molecule has 1 saturated heterocycles. The molecule has 0 saturated carbocycles. The van der Waals surface area contributed by atoms with Crippen molar-refractivity contribution in [1.82, 2.24) is 5.32 Å². The van der Waals surface area contributed by atoms with Gasteiger partial charge in [-0.1, -0.05) is 0 Å². The number of rotatable bonds is 1. The van der Waals surface area contributed by atoms with Gasteiger partial charge in [-0.05, 0) is 53.5 Å². The Labute approximate surface area is 104 Å². The van der Waals surface area contributed by atoms with Gasteiger partial charge in [0.1, 0.15) is 5.82 Å². The van der Waals surface area contributed by atoms with Crippen LogP contribution in [0.2, 0.25) is 0 Å². The number of nitrogens with zero attached hydrogens (tertiary/aromatic N) is 1. The maximum Gasteiger partial charge on any atom is 0.137 e. The van der Waals surface area contributed by atoms with Gasteiger partial charge in [-0.15, -0.1) is 0 Å². The van der Waals surface area contributed by atoms with Gasteiger partial charge in [-0.25, -0.2) is 4.39 Å². The van der Waals surface area contributed by atoms with Crippen molar-refractivity contribution in [2.45, 2.75) is 13.3 Å². The second-order valence-corrected chi connectivity index (χ2v) is 5.00. The lowest BCUT2D eigenvalue weighted by atomic mass is 10.1. The molecule has 0 atom stereocenters. The summed E-state index contributed by atoms with van der Waals surface area (Å²) < 4.78 is 13.9. The summed E-state index contributed by atoms with van der Waals surface area (Å²) in [6.07, 6.45) is 1.13. The van der Waals surface area contributed by atoms with Gasteiger partial charge in [-0.2, -0.15) is 0 Å². The molecule has 1 N–H and O–H groups in total. The molecule has 0 spiro atoms. The van der Waals surface area contributed by atoms with Gasteiger partial charge < -0.3 is 10.2 Å². The molecule has 0 aromatic heterocycles. The third-order valence-electron chi connectivity index (χ3n) is 2.92. The van der Waals surface area contributed by atoms with Crippen molar-refractivity contribution in [3.8, 4) is 0 Å². The lowest BCUT2D eigenvalue weighted by molar-refractivity contribution is 0.619. The first-order valence-electron chi connectivity index (χ1n) is 5.60. The number of anilines is 1. The zero-order valence-electron chi connectivity index (χ0n) is 9.39. The molecule has 1 aromatic carbocycles. The molecule has 0 amide bonds. The number of hydrogen-bond donors (Lipinski definition) is 1. The molecule has 0 unspecified atom stereocenters. The van der Waals surface area contributed by atoms with Crippen LogP contribution in [0.5, 0.6) is 0 Å². The van der Waals surface area contributed by atoms with Crippen LogP contribution in [0.3, 0.4) is 0 Å². The van der Waals surface area contributed by atoms with Crippen LogP contribution in [0.15, 0.2) is 16.6 Å². The lowest BCUT2D eigenvalue weighted by Gasteiger charge is -2.24. The molecular formula is C12H16BrFN2. The Bertz CT molecular complexity index is 374. The summed E-state index contributed by atoms with van der Waals surface area (Å²) in [6, 6.07) is 3.48. The van der Waals surface area contributed by atoms with E-state index in [2.05, 4.69) is 26.1 Å². The Hall–Kier alpha value is -0.610. The van der Waals surface area contributed by atoms with E-state index in [4.69, 9.17) is 0 Å². The van der Waals surface area contributed by atoms with Crippen LogP contribution >= 0.6 is 15.9 Å². The monoisotopic (exact) mass is 286 g/mol. The number of hydrogen-bond acceptors (Lipinski definition) is 2. The van der Waals surface area contributed by atoms with Gasteiger partial charge >= 0.3 is 0 Å². The average molecular weight is 287 g/mol. The van der Waals surface area contributed by atoms with E-state index in [0.29, 0.717) is 4.47 Å². The SMILES string of the molecule is Cc1cc(F)c(Br)cc1N1CCCNCC1. The maximum atomic E-state index is 13.3. The summed E-state index contributed by atoms with van der Waals surface area (Å²) in [5, 5.41) is 3.36. The minimum Gasteiger partial charge on any atom is -0.370 e. The van der Waals surface area contributed by atoms with Gasteiger partial charge in [0.05, 0.1) is 4.47 Å². The Morgan fingerprint density at radius 3 is 2.94 bits per heavy atom. The summed E-state index contributed by atoms with van der Waals surface area (Å²) in [7, 11) is 0. The van der Waals surface area contributed by atoms with Gasteiger partial charge in [0.2, 0.25) is 0 Å². The summed E-state index contributed by atoms with van der Waals surface area (Å²) in [4.78, 5) is 2.32. The molecule has 2 rings (SSSR count). The van der Waals surface area contributed by atoms with Crippen LogP contribution in [0.25, 0.3) is 0 Å². The molecule has 16 heavy (non-hydrogen) atoms. The molecule has 1 aromatic rings. The Kier molecular flexibility index (Phi) is 3.82. The first-order valence-corrected chi connectivity index (χ1v) is 6.39. The summed E-state index contributed by atoms with van der Waals surface area (Å²) >= 11 is 3.25. The normalized spacial score (nSPS) is 17.3. The van der Waals surface area contributed by atoms with Crippen molar-refractivity contribution >= 4 is 21.6 Å². The van der Waals surface area contributed by atoms with Gasteiger partial charge in [0, 0.05) is 25.3 Å². The highest BCUT2D eigenvalue weighted by Gasteiger charge is 2.13. The van der Waals surface area contributed by atoms with Crippen LogP contribution in [0.4, 0.5) is 10.1 Å². The first-order chi connectivity index (χ1) is 7.68. The number of benzene rings is 1. The Morgan fingerprint density at radius 1 is 1.31 bits per heavy atom. The molecular weight excluding hydrogens is 271 g/mol. The molecule has 1 aliphatic heterocycles. The Morgan fingerprint density at radius 2 is 2.12 bits per heavy atom. The predicted molar refractivity (Wildman–Crippen MR) is 68.5 cm³/mol. The first kappa shape index (κ1) is 11.9. The number of aryl methyl sites for hydroxylation is 1. The van der Waals surface area contributed by atoms with Gasteiger partial charge in [0.25, 0.3) is 0 Å². The van der Waals surface area contributed by atoms with Crippen molar-refractivity contribution in [3.63, 3.8) is 0 Å². The van der Waals surface area contributed by atoms with Crippen molar-refractivity contribution in [1.29, 1.82) is 0 Å². The summed E-state index contributed by atoms with van der Waals surface area (Å²) in [5.41, 5.74) is 2.14. The zero-order valence-corrected chi connectivity index (χ0v) is 11.0. The quantitative estimate of drug-likeness (QED) is 0.854. The fourth-order valence-electron chi connectivity index (χ4n) is 2.06. The largest absolute Gasteiger partial charge is 0.370 e. The van der Waals surface area contributed by atoms with Crippen LogP contribution < -0.4 is 10.2 Å². The molecule has 0 radical (unpaired) electrons. The molecule has 0 aliphatic carbocycles. The average Bonchev–Trinajstić information content (AvgIpc) is 2.52. The second kappa shape index (κ2) is 5.15. The molecule has 88 valence electrons. The summed E-state index contributed by atoms with van der Waals surface area (Å²) in [6.45, 7) is 6.04. The van der Waals surface area contributed by atoms with Gasteiger partial charge in [-0.3, -0.25) is 0 Å². The number of halogens is 2. The second-order valence-electron chi connectivity index (χ2n) is 4.14. The van der Waals surface area contributed by atoms with E-state index in [1.54, 1.807) is 6.07 Å². The molecule has 1 heterocycles. The summed E-state index contributed by atoms with van der Waals surface area (Å²) in [5.74, 6) is -0.186. The molecule has 2 nitrogen and oxygen atoms in total. The fraction of sp³-hybridized carbons (Fsp3) is 0.500. The van der Waals surface area contributed by atoms with Crippen LogP contribution in [0.1, 0.15) is 12.0 Å². The third-order valence-corrected chi connectivity index (χ3v) is 3.53. The van der Waals surface area contributed by atoms with E-state index in [0.717, 1.165) is 43.9 Å². The van der Waals surface area contributed by atoms with E-state index in [1.807, 2.05) is 13.0 Å². The smallest absolute Gasteiger partial charge is 0.137 e. The van der Waals surface area contributed by atoms with Crippen molar-refractivity contribution in [2.75, 3.05) is 31.1 Å². The highest BCUT2D eigenvalue weighted by molar-refractivity contribution is 9.10. The van der Waals surface area contributed by atoms with Crippen LogP contribution in [-0.2, 0) is 0 Å². The standard InChI is InChI=1S/C12H16BrFN2/c1-9-7-11(14)10(13)8-12(9)16-5-2-3-15-4-6-16/h7-8,15H,2-6H2,1H3. The highest BCUT2D eigenvalue weighted by atomic mass is 79.9. The van der Waals surface area contributed by atoms with Crippen molar-refractivity contribution in [2.24, 2.45) is 0 Å². The van der Waals surface area contributed by atoms with E-state index >= 15 is 0 Å². The van der Waals surface area contributed by atoms with Crippen LogP contribution in [-0.4, -0.2) is 26.2 Å². The topological polar surface area (TPSA) is 15.3 Å². The van der Waals surface area contributed by atoms with E-state index in [-0.39, 0.29) is 5.82 Å².